The Kier molecular flexibility index (Phi) is 9.61. The van der Waals surface area contributed by atoms with Crippen molar-refractivity contribution < 1.29 is 28.7 Å². The van der Waals surface area contributed by atoms with Gasteiger partial charge in [-0.2, -0.15) is 0 Å². The van der Waals surface area contributed by atoms with Gasteiger partial charge in [-0.3, -0.25) is 14.9 Å². The Labute approximate surface area is 198 Å². The molecule has 9 nitrogen and oxygen atoms in total. The highest BCUT2D eigenvalue weighted by Crippen LogP contribution is 2.31. The second-order valence-corrected chi connectivity index (χ2v) is 8.40. The van der Waals surface area contributed by atoms with Gasteiger partial charge in [-0.15, -0.1) is 0 Å². The Morgan fingerprint density at radius 1 is 1.00 bits per heavy atom. The van der Waals surface area contributed by atoms with Crippen LogP contribution in [0.25, 0.3) is 0 Å². The average molecular weight is 471 g/mol. The lowest BCUT2D eigenvalue weighted by Gasteiger charge is -2.16. The molecule has 9 heteroatoms. The highest BCUT2D eigenvalue weighted by molar-refractivity contribution is 6.06. The van der Waals surface area contributed by atoms with Gasteiger partial charge >= 0.3 is 11.7 Å². The summed E-state index contributed by atoms with van der Waals surface area (Å²) >= 11 is 0. The number of hydrogen-bond acceptors (Lipinski definition) is 7. The van der Waals surface area contributed by atoms with Crippen molar-refractivity contribution in [1.29, 1.82) is 0 Å². The molecule has 0 aliphatic heterocycles. The zero-order valence-electron chi connectivity index (χ0n) is 19.8. The Hall–Kier alpha value is -3.88. The number of ether oxygens (including phenoxy) is 3. The van der Waals surface area contributed by atoms with Crippen molar-refractivity contribution in [2.75, 3.05) is 25.1 Å². The lowest BCUT2D eigenvalue weighted by molar-refractivity contribution is -0.385. The largest absolute Gasteiger partial charge is 0.491 e. The molecule has 2 aromatic rings. The molecule has 0 atom stereocenters. The molecule has 0 aliphatic rings. The first-order valence-electron chi connectivity index (χ1n) is 10.9. The number of nitro benzene ring substituents is 1. The van der Waals surface area contributed by atoms with E-state index >= 15 is 0 Å². The van der Waals surface area contributed by atoms with E-state index < -0.39 is 16.8 Å². The zero-order valence-corrected chi connectivity index (χ0v) is 19.8. The summed E-state index contributed by atoms with van der Waals surface area (Å²) in [5.74, 6) is -0.393. The molecule has 0 saturated heterocycles. The molecule has 0 spiro atoms. The van der Waals surface area contributed by atoms with Crippen LogP contribution in [0.1, 0.15) is 48.4 Å². The van der Waals surface area contributed by atoms with Crippen molar-refractivity contribution in [2.45, 2.75) is 27.7 Å². The summed E-state index contributed by atoms with van der Waals surface area (Å²) in [5, 5.41) is 14.1. The van der Waals surface area contributed by atoms with Crippen molar-refractivity contribution >= 4 is 23.3 Å². The summed E-state index contributed by atoms with van der Waals surface area (Å²) in [6.07, 6.45) is 1.46. The average Bonchev–Trinajstić information content (AvgIpc) is 2.79. The zero-order chi connectivity index (χ0) is 25.3. The van der Waals surface area contributed by atoms with Gasteiger partial charge in [0, 0.05) is 17.7 Å². The second kappa shape index (κ2) is 12.4. The van der Waals surface area contributed by atoms with E-state index in [0.717, 1.165) is 0 Å². The van der Waals surface area contributed by atoms with Gasteiger partial charge in [-0.25, -0.2) is 4.79 Å². The van der Waals surface area contributed by atoms with E-state index in [4.69, 9.17) is 14.2 Å². The van der Waals surface area contributed by atoms with E-state index in [-0.39, 0.29) is 47.6 Å². The van der Waals surface area contributed by atoms with Gasteiger partial charge < -0.3 is 19.5 Å². The summed E-state index contributed by atoms with van der Waals surface area (Å²) in [7, 11) is 0. The molecule has 0 saturated carbocycles. The van der Waals surface area contributed by atoms with Crippen LogP contribution >= 0.6 is 0 Å². The van der Waals surface area contributed by atoms with Crippen molar-refractivity contribution in [3.63, 3.8) is 0 Å². The molecule has 1 amide bonds. The minimum absolute atomic E-state index is 0.0166. The lowest BCUT2D eigenvalue weighted by Crippen LogP contribution is -2.15. The van der Waals surface area contributed by atoms with Crippen LogP contribution in [-0.4, -0.2) is 36.6 Å². The van der Waals surface area contributed by atoms with Crippen LogP contribution in [0, 0.1) is 22.0 Å². The molecule has 0 heterocycles. The molecule has 1 N–H and O–H groups in total. The number of nitrogens with one attached hydrogen (secondary N) is 1. The van der Waals surface area contributed by atoms with E-state index in [1.54, 1.807) is 6.07 Å². The summed E-state index contributed by atoms with van der Waals surface area (Å²) in [5.41, 5.74) is 0.557. The number of carbonyl (C=O) groups excluding carboxylic acids is 2. The first-order valence-corrected chi connectivity index (χ1v) is 10.9. The fourth-order valence-electron chi connectivity index (χ4n) is 2.72. The van der Waals surface area contributed by atoms with E-state index in [0.29, 0.717) is 18.0 Å². The number of nitro groups is 1. The van der Waals surface area contributed by atoms with Crippen molar-refractivity contribution in [3.05, 3.63) is 70.3 Å². The normalized spacial score (nSPS) is 10.6. The van der Waals surface area contributed by atoms with Gasteiger partial charge in [-0.1, -0.05) is 40.3 Å². The summed E-state index contributed by atoms with van der Waals surface area (Å²) in [4.78, 5) is 35.9. The fourth-order valence-corrected chi connectivity index (χ4v) is 2.72. The molecule has 2 aromatic carbocycles. The maximum Gasteiger partial charge on any atom is 0.338 e. The molecule has 0 aromatic heterocycles. The molecule has 0 bridgehead atoms. The summed E-state index contributed by atoms with van der Waals surface area (Å²) < 4.78 is 16.4. The van der Waals surface area contributed by atoms with Gasteiger partial charge in [0.2, 0.25) is 0 Å². The number of carbonyl (C=O) groups is 2. The third kappa shape index (κ3) is 7.61. The monoisotopic (exact) mass is 470 g/mol. The first-order chi connectivity index (χ1) is 16.1. The number of amides is 1. The van der Waals surface area contributed by atoms with E-state index in [9.17, 15) is 19.7 Å². The van der Waals surface area contributed by atoms with Crippen molar-refractivity contribution in [3.8, 4) is 11.5 Å². The van der Waals surface area contributed by atoms with Gasteiger partial charge in [0.15, 0.2) is 5.75 Å². The van der Waals surface area contributed by atoms with Crippen molar-refractivity contribution in [2.24, 2.45) is 11.8 Å². The Balaban J connectivity index is 2.32. The van der Waals surface area contributed by atoms with Crippen LogP contribution < -0.4 is 14.8 Å². The molecule has 182 valence electrons. The standard InChI is InChI=1S/C25H30N2O7/c1-6-11-32-25(29)19-7-9-20(22(13-19)33-14-16(2)3)26-24(28)18-8-10-21(27(30)31)23(12-18)34-15-17(4)5/h6-10,12-13,16-17H,1,11,14-15H2,2-5H3,(H,26,28). The molecule has 0 radical (unpaired) electrons. The topological polar surface area (TPSA) is 117 Å². The highest BCUT2D eigenvalue weighted by Gasteiger charge is 2.20. The summed E-state index contributed by atoms with van der Waals surface area (Å²) in [6, 6.07) is 8.47. The van der Waals surface area contributed by atoms with Gasteiger partial charge in [0.05, 0.1) is 29.4 Å². The number of benzene rings is 2. The molecule has 34 heavy (non-hydrogen) atoms. The maximum atomic E-state index is 12.9. The molecule has 0 aliphatic carbocycles. The van der Waals surface area contributed by atoms with Crippen LogP contribution in [0.2, 0.25) is 0 Å². The number of anilines is 1. The SMILES string of the molecule is C=CCOC(=O)c1ccc(NC(=O)c2ccc([N+](=O)[O-])c(OCC(C)C)c2)c(OCC(C)C)c1. The highest BCUT2D eigenvalue weighted by atomic mass is 16.6. The van der Waals surface area contributed by atoms with E-state index in [1.165, 1.54) is 36.4 Å². The van der Waals surface area contributed by atoms with Crippen LogP contribution in [0.5, 0.6) is 11.5 Å². The number of nitrogens with zero attached hydrogens (tertiary/aromatic N) is 1. The molecular formula is C25H30N2O7. The third-order valence-corrected chi connectivity index (χ3v) is 4.36. The number of esters is 1. The number of hydrogen-bond donors (Lipinski definition) is 1. The fraction of sp³-hybridized carbons (Fsp3) is 0.360. The maximum absolute atomic E-state index is 12.9. The molecular weight excluding hydrogens is 440 g/mol. The van der Waals surface area contributed by atoms with E-state index in [1.807, 2.05) is 27.7 Å². The Bertz CT molecular complexity index is 1050. The minimum Gasteiger partial charge on any atom is -0.491 e. The van der Waals surface area contributed by atoms with Crippen LogP contribution in [-0.2, 0) is 4.74 Å². The van der Waals surface area contributed by atoms with Crippen molar-refractivity contribution in [1.82, 2.24) is 0 Å². The van der Waals surface area contributed by atoms with Crippen LogP contribution in [0.3, 0.4) is 0 Å². The second-order valence-electron chi connectivity index (χ2n) is 8.40. The van der Waals surface area contributed by atoms with Gasteiger partial charge in [0.1, 0.15) is 12.4 Å². The molecule has 0 fully saturated rings. The quantitative estimate of drug-likeness (QED) is 0.195. The first kappa shape index (κ1) is 26.4. The smallest absolute Gasteiger partial charge is 0.338 e. The van der Waals surface area contributed by atoms with Gasteiger partial charge in [0.25, 0.3) is 5.91 Å². The summed E-state index contributed by atoms with van der Waals surface area (Å²) in [6.45, 7) is 12.0. The Morgan fingerprint density at radius 3 is 2.18 bits per heavy atom. The van der Waals surface area contributed by atoms with Gasteiger partial charge in [-0.05, 0) is 36.1 Å². The molecule has 2 rings (SSSR count). The van der Waals surface area contributed by atoms with Crippen LogP contribution in [0.4, 0.5) is 11.4 Å². The predicted octanol–water partition coefficient (Wildman–Crippen LogP) is 5.26. The lowest BCUT2D eigenvalue weighted by atomic mass is 10.1. The van der Waals surface area contributed by atoms with Crippen LogP contribution in [0.15, 0.2) is 49.1 Å². The Morgan fingerprint density at radius 2 is 1.59 bits per heavy atom. The van der Waals surface area contributed by atoms with E-state index in [2.05, 4.69) is 11.9 Å². The molecule has 0 unspecified atom stereocenters. The minimum atomic E-state index is -0.556. The number of rotatable bonds is 12. The third-order valence-electron chi connectivity index (χ3n) is 4.36. The predicted molar refractivity (Wildman–Crippen MR) is 129 cm³/mol.